The number of H-pyrrole nitrogens is 1. The Kier molecular flexibility index (Phi) is 3.22. The molecule has 6 heteroatoms. The van der Waals surface area contributed by atoms with E-state index in [4.69, 9.17) is 5.73 Å². The molecule has 1 atom stereocenters. The lowest BCUT2D eigenvalue weighted by molar-refractivity contribution is 0.492. The van der Waals surface area contributed by atoms with Gasteiger partial charge < -0.3 is 10.7 Å². The summed E-state index contributed by atoms with van der Waals surface area (Å²) in [7, 11) is -3.50. The highest BCUT2D eigenvalue weighted by molar-refractivity contribution is 7.89. The smallest absolute Gasteiger partial charge is 0.242 e. The molecule has 1 aromatic carbocycles. The lowest BCUT2D eigenvalue weighted by Crippen LogP contribution is -2.29. The van der Waals surface area contributed by atoms with Crippen LogP contribution in [0.2, 0.25) is 0 Å². The Morgan fingerprint density at radius 3 is 2.90 bits per heavy atom. The average Bonchev–Trinajstić information content (AvgIpc) is 3.16. The number of hydrogen-bond acceptors (Lipinski definition) is 3. The van der Waals surface area contributed by atoms with Crippen molar-refractivity contribution >= 4 is 26.6 Å². The maximum Gasteiger partial charge on any atom is 0.242 e. The van der Waals surface area contributed by atoms with Gasteiger partial charge in [-0.2, -0.15) is 0 Å². The summed E-state index contributed by atoms with van der Waals surface area (Å²) < 4.78 is 27.5. The molecule has 20 heavy (non-hydrogen) atoms. The maximum absolute atomic E-state index is 12.4. The van der Waals surface area contributed by atoms with E-state index in [2.05, 4.69) is 16.6 Å². The number of anilines is 1. The number of nitrogens with two attached hydrogens (primary N) is 1. The molecule has 0 aliphatic heterocycles. The minimum Gasteiger partial charge on any atom is -0.399 e. The minimum atomic E-state index is -3.50. The van der Waals surface area contributed by atoms with E-state index in [1.54, 1.807) is 18.2 Å². The number of fused-ring (bicyclic) bond motifs is 1. The SMILES string of the molecule is CC(CNS(=O)(=O)c1c[nH]c2ccc(N)cc12)C1CC1. The first-order valence-corrected chi connectivity index (χ1v) is 8.32. The highest BCUT2D eigenvalue weighted by atomic mass is 32.2. The topological polar surface area (TPSA) is 88.0 Å². The third-order valence-electron chi connectivity index (χ3n) is 3.98. The molecule has 5 nitrogen and oxygen atoms in total. The van der Waals surface area contributed by atoms with Gasteiger partial charge in [-0.15, -0.1) is 0 Å². The molecule has 1 fully saturated rings. The number of rotatable bonds is 5. The Labute approximate surface area is 118 Å². The molecule has 0 spiro atoms. The summed E-state index contributed by atoms with van der Waals surface area (Å²) in [4.78, 5) is 3.24. The van der Waals surface area contributed by atoms with E-state index in [0.29, 0.717) is 29.5 Å². The van der Waals surface area contributed by atoms with Crippen LogP contribution in [0.3, 0.4) is 0 Å². The predicted molar refractivity (Wildman–Crippen MR) is 79.8 cm³/mol. The number of sulfonamides is 1. The average molecular weight is 293 g/mol. The van der Waals surface area contributed by atoms with Crippen molar-refractivity contribution < 1.29 is 8.42 Å². The van der Waals surface area contributed by atoms with Crippen LogP contribution < -0.4 is 10.5 Å². The molecule has 2 aromatic rings. The van der Waals surface area contributed by atoms with Gasteiger partial charge in [-0.25, -0.2) is 13.1 Å². The van der Waals surface area contributed by atoms with Crippen LogP contribution in [-0.2, 0) is 10.0 Å². The summed E-state index contributed by atoms with van der Waals surface area (Å²) in [6, 6.07) is 5.22. The number of benzene rings is 1. The van der Waals surface area contributed by atoms with Crippen LogP contribution in [0.1, 0.15) is 19.8 Å². The van der Waals surface area contributed by atoms with Gasteiger partial charge in [0.2, 0.25) is 10.0 Å². The van der Waals surface area contributed by atoms with Gasteiger partial charge in [0.15, 0.2) is 0 Å². The minimum absolute atomic E-state index is 0.266. The maximum atomic E-state index is 12.4. The van der Waals surface area contributed by atoms with Crippen LogP contribution in [0.5, 0.6) is 0 Å². The van der Waals surface area contributed by atoms with Crippen molar-refractivity contribution in [2.75, 3.05) is 12.3 Å². The normalized spacial score (nSPS) is 17.4. The standard InChI is InChI=1S/C14H19N3O2S/c1-9(10-2-3-10)7-17-20(18,19)14-8-16-13-5-4-11(15)6-12(13)14/h4-6,8-10,16-17H,2-3,7,15H2,1H3. The van der Waals surface area contributed by atoms with E-state index in [1.807, 2.05) is 0 Å². The highest BCUT2D eigenvalue weighted by Crippen LogP contribution is 2.36. The number of nitrogen functional groups attached to an aromatic ring is 1. The van der Waals surface area contributed by atoms with Gasteiger partial charge in [0, 0.05) is 29.3 Å². The number of hydrogen-bond donors (Lipinski definition) is 3. The summed E-state index contributed by atoms with van der Waals surface area (Å²) in [5, 5.41) is 0.636. The molecule has 1 aromatic heterocycles. The van der Waals surface area contributed by atoms with E-state index < -0.39 is 10.0 Å². The van der Waals surface area contributed by atoms with Crippen molar-refractivity contribution in [3.8, 4) is 0 Å². The number of nitrogens with one attached hydrogen (secondary N) is 2. The predicted octanol–water partition coefficient (Wildman–Crippen LogP) is 2.07. The van der Waals surface area contributed by atoms with Gasteiger partial charge in [0.1, 0.15) is 4.90 Å². The van der Waals surface area contributed by atoms with Gasteiger partial charge in [0.05, 0.1) is 0 Å². The molecule has 0 amide bonds. The Morgan fingerprint density at radius 1 is 1.45 bits per heavy atom. The van der Waals surface area contributed by atoms with Crippen molar-refractivity contribution in [1.82, 2.24) is 9.71 Å². The number of aromatic nitrogens is 1. The molecule has 1 saturated carbocycles. The van der Waals surface area contributed by atoms with E-state index in [-0.39, 0.29) is 4.90 Å². The van der Waals surface area contributed by atoms with Crippen LogP contribution in [-0.4, -0.2) is 19.9 Å². The summed E-state index contributed by atoms with van der Waals surface area (Å²) in [6.07, 6.45) is 3.95. The van der Waals surface area contributed by atoms with Crippen molar-refractivity contribution in [3.63, 3.8) is 0 Å². The first kappa shape index (κ1) is 13.5. The molecule has 0 radical (unpaired) electrons. The first-order valence-electron chi connectivity index (χ1n) is 6.83. The zero-order valence-corrected chi connectivity index (χ0v) is 12.2. The fourth-order valence-electron chi connectivity index (χ4n) is 2.49. The molecule has 1 aliphatic rings. The van der Waals surface area contributed by atoms with Gasteiger partial charge in [-0.1, -0.05) is 6.92 Å². The second-order valence-electron chi connectivity index (χ2n) is 5.62. The second kappa shape index (κ2) is 4.79. The molecule has 1 aliphatic carbocycles. The summed E-state index contributed by atoms with van der Waals surface area (Å²) >= 11 is 0. The van der Waals surface area contributed by atoms with Gasteiger partial charge in [-0.3, -0.25) is 0 Å². The zero-order chi connectivity index (χ0) is 14.3. The zero-order valence-electron chi connectivity index (χ0n) is 11.4. The summed E-state index contributed by atoms with van der Waals surface area (Å²) in [5.74, 6) is 1.07. The van der Waals surface area contributed by atoms with Gasteiger partial charge >= 0.3 is 0 Å². The lowest BCUT2D eigenvalue weighted by Gasteiger charge is -2.11. The fraction of sp³-hybridized carbons (Fsp3) is 0.429. The molecular weight excluding hydrogens is 274 g/mol. The van der Waals surface area contributed by atoms with Crippen LogP contribution >= 0.6 is 0 Å². The third kappa shape index (κ3) is 2.53. The van der Waals surface area contributed by atoms with Crippen LogP contribution in [0.25, 0.3) is 10.9 Å². The van der Waals surface area contributed by atoms with Crippen LogP contribution in [0.15, 0.2) is 29.3 Å². The molecule has 1 unspecified atom stereocenters. The van der Waals surface area contributed by atoms with Gasteiger partial charge in [0.25, 0.3) is 0 Å². The van der Waals surface area contributed by atoms with E-state index in [0.717, 1.165) is 5.52 Å². The fourth-order valence-corrected chi connectivity index (χ4v) is 3.80. The van der Waals surface area contributed by atoms with Crippen LogP contribution in [0, 0.1) is 11.8 Å². The Morgan fingerprint density at radius 2 is 2.20 bits per heavy atom. The van der Waals surface area contributed by atoms with E-state index >= 15 is 0 Å². The van der Waals surface area contributed by atoms with Crippen molar-refractivity contribution in [1.29, 1.82) is 0 Å². The van der Waals surface area contributed by atoms with Gasteiger partial charge in [-0.05, 0) is 42.9 Å². The molecule has 3 rings (SSSR count). The molecule has 0 saturated heterocycles. The lowest BCUT2D eigenvalue weighted by atomic mass is 10.1. The third-order valence-corrected chi connectivity index (χ3v) is 5.44. The largest absolute Gasteiger partial charge is 0.399 e. The molecular formula is C14H19N3O2S. The first-order chi connectivity index (χ1) is 9.47. The Balaban J connectivity index is 1.86. The van der Waals surface area contributed by atoms with E-state index in [1.165, 1.54) is 19.0 Å². The highest BCUT2D eigenvalue weighted by Gasteiger charge is 2.29. The van der Waals surface area contributed by atoms with Crippen molar-refractivity contribution in [3.05, 3.63) is 24.4 Å². The molecule has 1 heterocycles. The molecule has 4 N–H and O–H groups in total. The monoisotopic (exact) mass is 293 g/mol. The number of aromatic amines is 1. The van der Waals surface area contributed by atoms with Crippen molar-refractivity contribution in [2.24, 2.45) is 11.8 Å². The summed E-state index contributed by atoms with van der Waals surface area (Å²) in [6.45, 7) is 2.58. The van der Waals surface area contributed by atoms with Crippen molar-refractivity contribution in [2.45, 2.75) is 24.7 Å². The van der Waals surface area contributed by atoms with E-state index in [9.17, 15) is 8.42 Å². The Hall–Kier alpha value is -1.53. The molecule has 108 valence electrons. The van der Waals surface area contributed by atoms with Crippen LogP contribution in [0.4, 0.5) is 5.69 Å². The molecule has 0 bridgehead atoms. The quantitative estimate of drug-likeness (QED) is 0.737. The summed E-state index contributed by atoms with van der Waals surface area (Å²) in [5.41, 5.74) is 7.06. The second-order valence-corrected chi connectivity index (χ2v) is 7.36. The Bertz CT molecular complexity index is 732.